The summed E-state index contributed by atoms with van der Waals surface area (Å²) in [5.41, 5.74) is 0. The molecule has 0 spiro atoms. The lowest BCUT2D eigenvalue weighted by molar-refractivity contribution is -0.143. The molecule has 0 saturated carbocycles. The Morgan fingerprint density at radius 1 is 0.342 bits per heavy atom. The summed E-state index contributed by atoms with van der Waals surface area (Å²) in [6.07, 6.45) is 85.4. The average molecular weight is 1110 g/mol. The van der Waals surface area contributed by atoms with Crippen molar-refractivity contribution in [1.82, 2.24) is 5.32 Å². The summed E-state index contributed by atoms with van der Waals surface area (Å²) in [4.78, 5) is 24.7. The van der Waals surface area contributed by atoms with E-state index in [1.165, 1.54) is 340 Å². The molecule has 6 nitrogen and oxygen atoms in total. The van der Waals surface area contributed by atoms with Crippen molar-refractivity contribution in [3.05, 3.63) is 12.2 Å². The Morgan fingerprint density at radius 2 is 0.595 bits per heavy atom. The van der Waals surface area contributed by atoms with Gasteiger partial charge in [0.1, 0.15) is 0 Å². The van der Waals surface area contributed by atoms with Crippen molar-refractivity contribution in [3.8, 4) is 0 Å². The number of aliphatic hydroxyl groups excluding tert-OH is 2. The first kappa shape index (κ1) is 77.6. The van der Waals surface area contributed by atoms with Crippen LogP contribution in [0, 0.1) is 0 Å². The lowest BCUT2D eigenvalue weighted by Gasteiger charge is -2.22. The Bertz CT molecular complexity index is 1190. The Hall–Kier alpha value is -1.40. The zero-order valence-electron chi connectivity index (χ0n) is 53.9. The smallest absolute Gasteiger partial charge is 0.305 e. The molecule has 0 aliphatic carbocycles. The van der Waals surface area contributed by atoms with Gasteiger partial charge in [-0.15, -0.1) is 0 Å². The molecule has 1 amide bonds. The first-order valence-corrected chi connectivity index (χ1v) is 36.4. The monoisotopic (exact) mass is 1110 g/mol. The molecule has 0 aromatic rings. The van der Waals surface area contributed by atoms with Gasteiger partial charge in [0.05, 0.1) is 25.4 Å². The number of carbonyl (C=O) groups is 2. The molecule has 0 fully saturated rings. The molecule has 0 rings (SSSR count). The highest BCUT2D eigenvalue weighted by Crippen LogP contribution is 2.19. The van der Waals surface area contributed by atoms with Crippen LogP contribution in [0.5, 0.6) is 0 Å². The van der Waals surface area contributed by atoms with Crippen LogP contribution >= 0.6 is 0 Å². The summed E-state index contributed by atoms with van der Waals surface area (Å²) in [6.45, 7) is 4.99. The van der Waals surface area contributed by atoms with Gasteiger partial charge in [-0.1, -0.05) is 366 Å². The normalized spacial score (nSPS) is 12.5. The highest BCUT2D eigenvalue weighted by atomic mass is 16.5. The van der Waals surface area contributed by atoms with E-state index in [0.717, 1.165) is 44.9 Å². The van der Waals surface area contributed by atoms with E-state index < -0.39 is 12.1 Å². The zero-order chi connectivity index (χ0) is 57.1. The second-order valence-electron chi connectivity index (χ2n) is 25.3. The molecule has 2 unspecified atom stereocenters. The van der Waals surface area contributed by atoms with Crippen LogP contribution in [0.3, 0.4) is 0 Å². The number of amides is 1. The van der Waals surface area contributed by atoms with E-state index in [9.17, 15) is 19.8 Å². The summed E-state index contributed by atoms with van der Waals surface area (Å²) >= 11 is 0. The van der Waals surface area contributed by atoms with Gasteiger partial charge in [-0.25, -0.2) is 0 Å². The number of rotatable bonds is 69. The van der Waals surface area contributed by atoms with Crippen molar-refractivity contribution in [2.24, 2.45) is 0 Å². The number of hydrogen-bond donors (Lipinski definition) is 3. The van der Waals surface area contributed by atoms with Gasteiger partial charge in [-0.3, -0.25) is 9.59 Å². The Labute approximate surface area is 495 Å². The minimum Gasteiger partial charge on any atom is -0.466 e. The molecule has 0 radical (unpaired) electrons. The molecule has 3 N–H and O–H groups in total. The second kappa shape index (κ2) is 69.1. The van der Waals surface area contributed by atoms with E-state index in [2.05, 4.69) is 31.3 Å². The SMILES string of the molecule is CCCCCCCC/C=C\CCCCCCCCCCCC(=O)OCCCCCCCCCCCCCCCCCCCCCCC(=O)NC(CO)C(O)CCCCCCCCCCCCCCCCCCCCCCCCC. The predicted molar refractivity (Wildman–Crippen MR) is 347 cm³/mol. The Kier molecular flexibility index (Phi) is 67.9. The average Bonchev–Trinajstić information content (AvgIpc) is 3.45. The molecule has 79 heavy (non-hydrogen) atoms. The molecule has 0 aliphatic heterocycles. The lowest BCUT2D eigenvalue weighted by Crippen LogP contribution is -2.45. The first-order valence-electron chi connectivity index (χ1n) is 36.4. The van der Waals surface area contributed by atoms with Crippen molar-refractivity contribution in [1.29, 1.82) is 0 Å². The van der Waals surface area contributed by atoms with Crippen molar-refractivity contribution in [2.75, 3.05) is 13.2 Å². The van der Waals surface area contributed by atoms with Crippen molar-refractivity contribution in [2.45, 2.75) is 431 Å². The lowest BCUT2D eigenvalue weighted by atomic mass is 10.0. The van der Waals surface area contributed by atoms with Crippen LogP contribution in [0.25, 0.3) is 0 Å². The molecular formula is C73H143NO5. The van der Waals surface area contributed by atoms with E-state index in [4.69, 9.17) is 4.74 Å². The fourth-order valence-corrected chi connectivity index (χ4v) is 11.8. The third-order valence-corrected chi connectivity index (χ3v) is 17.3. The van der Waals surface area contributed by atoms with Crippen LogP contribution < -0.4 is 5.32 Å². The Morgan fingerprint density at radius 3 is 0.899 bits per heavy atom. The molecule has 0 aliphatic rings. The first-order chi connectivity index (χ1) is 39.0. The number of carbonyl (C=O) groups excluding carboxylic acids is 2. The molecule has 6 heteroatoms. The summed E-state index contributed by atoms with van der Waals surface area (Å²) in [5, 5.41) is 23.4. The molecule has 0 heterocycles. The van der Waals surface area contributed by atoms with Gasteiger partial charge in [0.2, 0.25) is 5.91 Å². The number of aliphatic hydroxyl groups is 2. The molecule has 0 bridgehead atoms. The van der Waals surface area contributed by atoms with Crippen LogP contribution in [0.15, 0.2) is 12.2 Å². The third kappa shape index (κ3) is 65.6. The zero-order valence-corrected chi connectivity index (χ0v) is 53.9. The second-order valence-corrected chi connectivity index (χ2v) is 25.3. The van der Waals surface area contributed by atoms with E-state index in [1.807, 2.05) is 0 Å². The van der Waals surface area contributed by atoms with Crippen LogP contribution in [-0.4, -0.2) is 47.4 Å². The minimum absolute atomic E-state index is 0.0118. The van der Waals surface area contributed by atoms with Gasteiger partial charge in [0.25, 0.3) is 0 Å². The van der Waals surface area contributed by atoms with Crippen LogP contribution in [0.2, 0.25) is 0 Å². The summed E-state index contributed by atoms with van der Waals surface area (Å²) in [6, 6.07) is -0.544. The molecule has 0 saturated heterocycles. The van der Waals surface area contributed by atoms with E-state index >= 15 is 0 Å². The number of nitrogens with one attached hydrogen (secondary N) is 1. The maximum Gasteiger partial charge on any atom is 0.305 e. The highest BCUT2D eigenvalue weighted by molar-refractivity contribution is 5.76. The van der Waals surface area contributed by atoms with E-state index in [0.29, 0.717) is 25.9 Å². The summed E-state index contributed by atoms with van der Waals surface area (Å²) in [7, 11) is 0. The molecule has 0 aromatic carbocycles. The minimum atomic E-state index is -0.667. The topological polar surface area (TPSA) is 95.9 Å². The van der Waals surface area contributed by atoms with Gasteiger partial charge < -0.3 is 20.3 Å². The van der Waals surface area contributed by atoms with Gasteiger partial charge in [-0.05, 0) is 51.4 Å². The van der Waals surface area contributed by atoms with Crippen LogP contribution in [0.4, 0.5) is 0 Å². The Balaban J connectivity index is 3.37. The van der Waals surface area contributed by atoms with Crippen molar-refractivity contribution >= 4 is 11.9 Å². The standard InChI is InChI=1S/C73H143NO5/c1-3-5-7-9-11-13-15-17-19-21-23-24-25-26-30-33-37-41-45-49-53-57-61-65-71(76)70(69-75)74-72(77)66-62-58-54-50-46-42-38-34-31-27-28-32-36-40-44-48-52-56-60-64-68-79-73(78)67-63-59-55-51-47-43-39-35-29-22-20-18-16-14-12-10-8-6-4-2/h18,20,70-71,75-76H,3-17,19,21-69H2,1-2H3,(H,74,77)/b20-18-. The summed E-state index contributed by atoms with van der Waals surface area (Å²) < 4.78 is 5.51. The molecule has 470 valence electrons. The van der Waals surface area contributed by atoms with Crippen LogP contribution in [0.1, 0.15) is 418 Å². The van der Waals surface area contributed by atoms with Gasteiger partial charge in [-0.2, -0.15) is 0 Å². The van der Waals surface area contributed by atoms with Crippen molar-refractivity contribution in [3.63, 3.8) is 0 Å². The number of unbranched alkanes of at least 4 members (excludes halogenated alkanes) is 56. The number of allylic oxidation sites excluding steroid dienone is 2. The fraction of sp³-hybridized carbons (Fsp3) is 0.945. The van der Waals surface area contributed by atoms with Gasteiger partial charge in [0, 0.05) is 12.8 Å². The molecule has 0 aromatic heterocycles. The quantitative estimate of drug-likeness (QED) is 0.0320. The van der Waals surface area contributed by atoms with Crippen LogP contribution in [-0.2, 0) is 14.3 Å². The summed E-state index contributed by atoms with van der Waals surface area (Å²) in [5.74, 6) is -0.0196. The molecular weight excluding hydrogens is 971 g/mol. The third-order valence-electron chi connectivity index (χ3n) is 17.3. The highest BCUT2D eigenvalue weighted by Gasteiger charge is 2.20. The van der Waals surface area contributed by atoms with Gasteiger partial charge in [0.15, 0.2) is 0 Å². The number of hydrogen-bond acceptors (Lipinski definition) is 5. The number of esters is 1. The van der Waals surface area contributed by atoms with Gasteiger partial charge >= 0.3 is 5.97 Å². The van der Waals surface area contributed by atoms with E-state index in [1.54, 1.807) is 0 Å². The fourth-order valence-electron chi connectivity index (χ4n) is 11.8. The van der Waals surface area contributed by atoms with E-state index in [-0.39, 0.29) is 18.5 Å². The maximum atomic E-state index is 12.6. The number of ether oxygens (including phenoxy) is 1. The van der Waals surface area contributed by atoms with Crippen molar-refractivity contribution < 1.29 is 24.5 Å². The maximum absolute atomic E-state index is 12.6. The molecule has 2 atom stereocenters. The largest absolute Gasteiger partial charge is 0.466 e. The predicted octanol–water partition coefficient (Wildman–Crippen LogP) is 23.5.